The molecule has 12 heavy (non-hydrogen) atoms. The highest BCUT2D eigenvalue weighted by Crippen LogP contribution is 2.19. The average Bonchev–Trinajstić information content (AvgIpc) is 2.57. The predicted molar refractivity (Wildman–Crippen MR) is 54.5 cm³/mol. The van der Waals surface area contributed by atoms with Crippen LogP contribution in [0.15, 0.2) is 30.6 Å². The third kappa shape index (κ3) is 1.34. The Morgan fingerprint density at radius 3 is 2.83 bits per heavy atom. The monoisotopic (exact) mass is 271 g/mol. The van der Waals surface area contributed by atoms with E-state index >= 15 is 0 Å². The largest absolute Gasteiger partial charge is 0.276 e. The van der Waals surface area contributed by atoms with Gasteiger partial charge in [0.05, 0.1) is 5.69 Å². The van der Waals surface area contributed by atoms with E-state index in [1.165, 1.54) is 0 Å². The van der Waals surface area contributed by atoms with E-state index in [0.29, 0.717) is 0 Å². The third-order valence-electron chi connectivity index (χ3n) is 1.51. The lowest BCUT2D eigenvalue weighted by Gasteiger charge is -1.97. The van der Waals surface area contributed by atoms with Crippen molar-refractivity contribution in [2.24, 2.45) is 0 Å². The Hall–Kier alpha value is -0.910. The molecule has 60 valence electrons. The van der Waals surface area contributed by atoms with Crippen LogP contribution in [0.5, 0.6) is 0 Å². The fourth-order valence-electron chi connectivity index (χ4n) is 0.972. The van der Waals surface area contributed by atoms with Crippen molar-refractivity contribution in [2.75, 3.05) is 0 Å². The van der Waals surface area contributed by atoms with Crippen LogP contribution < -0.4 is 0 Å². The molecule has 0 unspecified atom stereocenters. The molecule has 0 saturated heterocycles. The van der Waals surface area contributed by atoms with Gasteiger partial charge in [0.15, 0.2) is 0 Å². The maximum Gasteiger partial charge on any atom is 0.101 e. The van der Waals surface area contributed by atoms with Crippen LogP contribution in [0.3, 0.4) is 0 Å². The highest BCUT2D eigenvalue weighted by atomic mass is 127. The van der Waals surface area contributed by atoms with Crippen LogP contribution in [0.2, 0.25) is 0 Å². The van der Waals surface area contributed by atoms with Crippen molar-refractivity contribution in [3.63, 3.8) is 0 Å². The predicted octanol–water partition coefficient (Wildman–Crippen LogP) is 2.08. The van der Waals surface area contributed by atoms with E-state index in [-0.39, 0.29) is 0 Å². The fourth-order valence-corrected chi connectivity index (χ4v) is 1.61. The Morgan fingerprint density at radius 2 is 2.17 bits per heavy atom. The summed E-state index contributed by atoms with van der Waals surface area (Å²) in [6.45, 7) is 0. The molecule has 0 aromatic carbocycles. The minimum atomic E-state index is 0.954. The number of nitrogens with zero attached hydrogens (tertiary/aromatic N) is 2. The molecule has 2 aromatic heterocycles. The van der Waals surface area contributed by atoms with Gasteiger partial charge in [-0.15, -0.1) is 0 Å². The topological polar surface area (TPSA) is 41.6 Å². The second-order valence-electron chi connectivity index (χ2n) is 2.30. The molecule has 2 heterocycles. The normalized spacial score (nSPS) is 10.1. The molecule has 0 aliphatic carbocycles. The minimum Gasteiger partial charge on any atom is -0.276 e. The molecular formula is C8H6IN3. The van der Waals surface area contributed by atoms with Crippen LogP contribution in [-0.2, 0) is 0 Å². The molecule has 2 rings (SSSR count). The van der Waals surface area contributed by atoms with Gasteiger partial charge < -0.3 is 0 Å². The minimum absolute atomic E-state index is 0.954. The highest BCUT2D eigenvalue weighted by molar-refractivity contribution is 14.1. The van der Waals surface area contributed by atoms with Gasteiger partial charge in [-0.05, 0) is 40.8 Å². The zero-order chi connectivity index (χ0) is 8.39. The molecule has 2 aromatic rings. The zero-order valence-electron chi connectivity index (χ0n) is 6.16. The number of pyridine rings is 1. The Bertz CT molecular complexity index is 370. The van der Waals surface area contributed by atoms with E-state index in [2.05, 4.69) is 37.8 Å². The van der Waals surface area contributed by atoms with Gasteiger partial charge in [-0.2, -0.15) is 5.10 Å². The fraction of sp³-hybridized carbons (Fsp3) is 0. The summed E-state index contributed by atoms with van der Waals surface area (Å²) >= 11 is 2.25. The van der Waals surface area contributed by atoms with E-state index in [1.54, 1.807) is 12.4 Å². The zero-order valence-corrected chi connectivity index (χ0v) is 8.32. The maximum atomic E-state index is 4.24. The van der Waals surface area contributed by atoms with Gasteiger partial charge in [0.1, 0.15) is 5.69 Å². The molecule has 0 saturated carbocycles. The van der Waals surface area contributed by atoms with Crippen molar-refractivity contribution >= 4 is 22.6 Å². The first-order valence-electron chi connectivity index (χ1n) is 3.48. The van der Waals surface area contributed by atoms with E-state index < -0.39 is 0 Å². The Morgan fingerprint density at radius 1 is 1.25 bits per heavy atom. The summed E-state index contributed by atoms with van der Waals surface area (Å²) in [5.41, 5.74) is 1.91. The van der Waals surface area contributed by atoms with Gasteiger partial charge >= 0.3 is 0 Å². The van der Waals surface area contributed by atoms with Crippen molar-refractivity contribution in [1.29, 1.82) is 0 Å². The lowest BCUT2D eigenvalue weighted by Crippen LogP contribution is -1.86. The first-order valence-corrected chi connectivity index (χ1v) is 4.56. The molecular weight excluding hydrogens is 265 g/mol. The summed E-state index contributed by atoms with van der Waals surface area (Å²) in [6.07, 6.45) is 3.50. The molecule has 3 nitrogen and oxygen atoms in total. The third-order valence-corrected chi connectivity index (χ3v) is 2.38. The van der Waals surface area contributed by atoms with E-state index in [1.807, 2.05) is 18.2 Å². The smallest absolute Gasteiger partial charge is 0.101 e. The van der Waals surface area contributed by atoms with E-state index in [4.69, 9.17) is 0 Å². The highest BCUT2D eigenvalue weighted by Gasteiger charge is 2.03. The number of aromatic nitrogens is 3. The molecule has 0 amide bonds. The molecule has 0 atom stereocenters. The van der Waals surface area contributed by atoms with Gasteiger partial charge in [0.25, 0.3) is 0 Å². The van der Waals surface area contributed by atoms with Gasteiger partial charge in [-0.3, -0.25) is 10.1 Å². The molecule has 0 aliphatic heterocycles. The van der Waals surface area contributed by atoms with Crippen LogP contribution in [0, 0.1) is 3.57 Å². The van der Waals surface area contributed by atoms with E-state index in [0.717, 1.165) is 15.0 Å². The van der Waals surface area contributed by atoms with Crippen molar-refractivity contribution in [3.05, 3.63) is 34.2 Å². The van der Waals surface area contributed by atoms with Crippen LogP contribution in [-0.4, -0.2) is 15.2 Å². The van der Waals surface area contributed by atoms with Gasteiger partial charge in [-0.25, -0.2) is 0 Å². The second-order valence-corrected chi connectivity index (χ2v) is 3.47. The molecule has 0 aliphatic rings. The lowest BCUT2D eigenvalue weighted by molar-refractivity contribution is 1.08. The SMILES string of the molecule is Ic1cccnc1-c1ccn[nH]1. The molecule has 0 bridgehead atoms. The quantitative estimate of drug-likeness (QED) is 0.807. The molecule has 4 heteroatoms. The number of nitrogens with one attached hydrogen (secondary N) is 1. The molecule has 0 radical (unpaired) electrons. The second kappa shape index (κ2) is 3.22. The Kier molecular flexibility index (Phi) is 2.07. The van der Waals surface area contributed by atoms with E-state index in [9.17, 15) is 0 Å². The molecule has 1 N–H and O–H groups in total. The number of H-pyrrole nitrogens is 1. The van der Waals surface area contributed by atoms with Gasteiger partial charge in [0, 0.05) is 16.0 Å². The summed E-state index contributed by atoms with van der Waals surface area (Å²) in [7, 11) is 0. The number of hydrogen-bond donors (Lipinski definition) is 1. The molecule has 0 spiro atoms. The van der Waals surface area contributed by atoms with Gasteiger partial charge in [0.2, 0.25) is 0 Å². The molecule has 0 fully saturated rings. The van der Waals surface area contributed by atoms with Crippen molar-refractivity contribution in [1.82, 2.24) is 15.2 Å². The van der Waals surface area contributed by atoms with Gasteiger partial charge in [-0.1, -0.05) is 0 Å². The summed E-state index contributed by atoms with van der Waals surface area (Å²) in [5, 5.41) is 6.75. The van der Waals surface area contributed by atoms with Crippen LogP contribution >= 0.6 is 22.6 Å². The standard InChI is InChI=1S/C8H6IN3/c9-6-2-1-4-10-8(6)7-3-5-11-12-7/h1-5H,(H,11,12). The Balaban J connectivity index is 2.55. The van der Waals surface area contributed by atoms with Crippen molar-refractivity contribution < 1.29 is 0 Å². The summed E-state index contributed by atoms with van der Waals surface area (Å²) in [5.74, 6) is 0. The number of rotatable bonds is 1. The summed E-state index contributed by atoms with van der Waals surface area (Å²) in [4.78, 5) is 4.24. The van der Waals surface area contributed by atoms with Crippen LogP contribution in [0.4, 0.5) is 0 Å². The number of halogens is 1. The average molecular weight is 271 g/mol. The number of hydrogen-bond acceptors (Lipinski definition) is 2. The Labute approximate surface area is 83.4 Å². The summed E-state index contributed by atoms with van der Waals surface area (Å²) in [6, 6.07) is 5.84. The van der Waals surface area contributed by atoms with Crippen molar-refractivity contribution in [2.45, 2.75) is 0 Å². The van der Waals surface area contributed by atoms with Crippen LogP contribution in [0.25, 0.3) is 11.4 Å². The maximum absolute atomic E-state index is 4.24. The summed E-state index contributed by atoms with van der Waals surface area (Å²) < 4.78 is 1.12. The first-order chi connectivity index (χ1) is 5.88. The van der Waals surface area contributed by atoms with Crippen molar-refractivity contribution in [3.8, 4) is 11.4 Å². The van der Waals surface area contributed by atoms with Crippen LogP contribution in [0.1, 0.15) is 0 Å². The number of aromatic amines is 1. The first kappa shape index (κ1) is 7.72. The lowest BCUT2D eigenvalue weighted by atomic mass is 10.3.